The predicted molar refractivity (Wildman–Crippen MR) is 85.4 cm³/mol. The molecule has 0 aliphatic heterocycles. The molecule has 0 amide bonds. The summed E-state index contributed by atoms with van der Waals surface area (Å²) in [6.45, 7) is 2.86. The summed E-state index contributed by atoms with van der Waals surface area (Å²) in [5.41, 5.74) is 3.48. The number of hydrogen-bond donors (Lipinski definition) is 1. The lowest BCUT2D eigenvalue weighted by Gasteiger charge is -2.10. The van der Waals surface area contributed by atoms with E-state index in [1.807, 2.05) is 18.2 Å². The van der Waals surface area contributed by atoms with Crippen molar-refractivity contribution in [2.24, 2.45) is 0 Å². The molecule has 0 fully saturated rings. The van der Waals surface area contributed by atoms with Gasteiger partial charge in [-0.1, -0.05) is 45.7 Å². The molecule has 0 heterocycles. The Balaban J connectivity index is 2.11. The zero-order chi connectivity index (χ0) is 13.1. The van der Waals surface area contributed by atoms with Crippen LogP contribution in [0.1, 0.15) is 11.1 Å². The molecule has 0 aliphatic carbocycles. The number of hydrogen-bond acceptors (Lipinski definition) is 1. The van der Waals surface area contributed by atoms with Crippen LogP contribution in [0.15, 0.2) is 45.3 Å². The number of nitrogens with one attached hydrogen (secondary N) is 1. The standard InChI is InChI=1S/C14H12Br2ClN/c1-9-7-10(5-6-11(9)15)8-18-13-4-2-3-12(17)14(13)16/h2-7,18H,8H2,1H3. The fourth-order valence-corrected chi connectivity index (χ4v) is 2.48. The second kappa shape index (κ2) is 6.09. The Morgan fingerprint density at radius 1 is 1.17 bits per heavy atom. The minimum Gasteiger partial charge on any atom is -0.380 e. The average molecular weight is 390 g/mol. The maximum Gasteiger partial charge on any atom is 0.0593 e. The van der Waals surface area contributed by atoms with Crippen molar-refractivity contribution in [3.05, 3.63) is 61.5 Å². The van der Waals surface area contributed by atoms with Crippen LogP contribution in [0.3, 0.4) is 0 Å². The van der Waals surface area contributed by atoms with E-state index in [9.17, 15) is 0 Å². The van der Waals surface area contributed by atoms with E-state index in [-0.39, 0.29) is 0 Å². The summed E-state index contributed by atoms with van der Waals surface area (Å²) in [4.78, 5) is 0. The molecule has 1 N–H and O–H groups in total. The minimum absolute atomic E-state index is 0.715. The number of rotatable bonds is 3. The van der Waals surface area contributed by atoms with E-state index in [0.717, 1.165) is 21.2 Å². The van der Waals surface area contributed by atoms with Gasteiger partial charge in [0.25, 0.3) is 0 Å². The normalized spacial score (nSPS) is 10.4. The van der Waals surface area contributed by atoms with E-state index in [1.54, 1.807) is 0 Å². The van der Waals surface area contributed by atoms with Gasteiger partial charge in [0.1, 0.15) is 0 Å². The van der Waals surface area contributed by atoms with E-state index in [1.165, 1.54) is 11.1 Å². The number of halogens is 3. The van der Waals surface area contributed by atoms with Crippen molar-refractivity contribution in [2.45, 2.75) is 13.5 Å². The van der Waals surface area contributed by atoms with Gasteiger partial charge >= 0.3 is 0 Å². The average Bonchev–Trinajstić information content (AvgIpc) is 2.35. The Morgan fingerprint density at radius 3 is 2.67 bits per heavy atom. The Hall–Kier alpha value is -0.510. The molecule has 0 aromatic heterocycles. The molecule has 0 radical (unpaired) electrons. The highest BCUT2D eigenvalue weighted by molar-refractivity contribution is 9.11. The first-order chi connectivity index (χ1) is 8.58. The summed E-state index contributed by atoms with van der Waals surface area (Å²) < 4.78 is 2.04. The van der Waals surface area contributed by atoms with Gasteiger partial charge in [-0.3, -0.25) is 0 Å². The van der Waals surface area contributed by atoms with Crippen LogP contribution in [0.25, 0.3) is 0 Å². The third kappa shape index (κ3) is 3.28. The van der Waals surface area contributed by atoms with Crippen LogP contribution in [0, 0.1) is 6.92 Å². The summed E-state index contributed by atoms with van der Waals surface area (Å²) in [5.74, 6) is 0. The van der Waals surface area contributed by atoms with E-state index in [2.05, 4.69) is 62.3 Å². The summed E-state index contributed by atoms with van der Waals surface area (Å²) >= 11 is 13.0. The summed E-state index contributed by atoms with van der Waals surface area (Å²) in [6, 6.07) is 12.1. The van der Waals surface area contributed by atoms with Crippen molar-refractivity contribution >= 4 is 49.1 Å². The lowest BCUT2D eigenvalue weighted by molar-refractivity contribution is 1.13. The highest BCUT2D eigenvalue weighted by Gasteiger charge is 2.03. The van der Waals surface area contributed by atoms with E-state index >= 15 is 0 Å². The Kier molecular flexibility index (Phi) is 4.71. The summed E-state index contributed by atoms with van der Waals surface area (Å²) in [5, 5.41) is 4.08. The number of benzene rings is 2. The van der Waals surface area contributed by atoms with E-state index in [0.29, 0.717) is 5.02 Å². The van der Waals surface area contributed by atoms with Crippen LogP contribution in [-0.2, 0) is 6.54 Å². The molecule has 0 saturated carbocycles. The van der Waals surface area contributed by atoms with Gasteiger partial charge in [-0.2, -0.15) is 0 Å². The molecule has 0 atom stereocenters. The van der Waals surface area contributed by atoms with Gasteiger partial charge in [0.2, 0.25) is 0 Å². The topological polar surface area (TPSA) is 12.0 Å². The van der Waals surface area contributed by atoms with E-state index in [4.69, 9.17) is 11.6 Å². The van der Waals surface area contributed by atoms with Gasteiger partial charge in [-0.25, -0.2) is 0 Å². The second-order valence-electron chi connectivity index (χ2n) is 4.04. The van der Waals surface area contributed by atoms with Gasteiger partial charge in [0.05, 0.1) is 15.2 Å². The molecule has 1 nitrogen and oxygen atoms in total. The number of anilines is 1. The van der Waals surface area contributed by atoms with Crippen LogP contribution < -0.4 is 5.32 Å². The van der Waals surface area contributed by atoms with Gasteiger partial charge in [0.15, 0.2) is 0 Å². The molecule has 0 spiro atoms. The summed E-state index contributed by atoms with van der Waals surface area (Å²) in [7, 11) is 0. The fourth-order valence-electron chi connectivity index (χ4n) is 1.65. The van der Waals surface area contributed by atoms with Crippen molar-refractivity contribution < 1.29 is 0 Å². The summed E-state index contributed by atoms with van der Waals surface area (Å²) in [6.07, 6.45) is 0. The van der Waals surface area contributed by atoms with Crippen LogP contribution in [0.2, 0.25) is 5.02 Å². The molecule has 4 heteroatoms. The van der Waals surface area contributed by atoms with Gasteiger partial charge in [-0.15, -0.1) is 0 Å². The van der Waals surface area contributed by atoms with Crippen LogP contribution in [0.5, 0.6) is 0 Å². The van der Waals surface area contributed by atoms with Crippen LogP contribution in [-0.4, -0.2) is 0 Å². The van der Waals surface area contributed by atoms with Crippen molar-refractivity contribution in [2.75, 3.05) is 5.32 Å². The first-order valence-corrected chi connectivity index (χ1v) is 7.47. The van der Waals surface area contributed by atoms with E-state index < -0.39 is 0 Å². The zero-order valence-electron chi connectivity index (χ0n) is 9.81. The first-order valence-electron chi connectivity index (χ1n) is 5.51. The largest absolute Gasteiger partial charge is 0.380 e. The quantitative estimate of drug-likeness (QED) is 0.701. The lowest BCUT2D eigenvalue weighted by Crippen LogP contribution is -2.00. The molecule has 0 bridgehead atoms. The molecule has 2 rings (SSSR count). The fraction of sp³-hybridized carbons (Fsp3) is 0.143. The minimum atomic E-state index is 0.715. The molecule has 0 saturated heterocycles. The lowest BCUT2D eigenvalue weighted by atomic mass is 10.1. The Bertz CT molecular complexity index is 570. The Morgan fingerprint density at radius 2 is 1.94 bits per heavy atom. The first kappa shape index (κ1) is 13.9. The zero-order valence-corrected chi connectivity index (χ0v) is 13.7. The van der Waals surface area contributed by atoms with Crippen molar-refractivity contribution in [3.63, 3.8) is 0 Å². The molecule has 2 aromatic carbocycles. The van der Waals surface area contributed by atoms with Crippen LogP contribution >= 0.6 is 43.5 Å². The number of aryl methyl sites for hydroxylation is 1. The van der Waals surface area contributed by atoms with Gasteiger partial charge < -0.3 is 5.32 Å². The molecule has 2 aromatic rings. The van der Waals surface area contributed by atoms with Crippen molar-refractivity contribution in [1.29, 1.82) is 0 Å². The highest BCUT2D eigenvalue weighted by atomic mass is 79.9. The van der Waals surface area contributed by atoms with Gasteiger partial charge in [-0.05, 0) is 52.2 Å². The maximum atomic E-state index is 6.05. The van der Waals surface area contributed by atoms with Crippen LogP contribution in [0.4, 0.5) is 5.69 Å². The molecule has 18 heavy (non-hydrogen) atoms. The molecular formula is C14H12Br2ClN. The molecular weight excluding hydrogens is 377 g/mol. The third-order valence-electron chi connectivity index (χ3n) is 2.66. The highest BCUT2D eigenvalue weighted by Crippen LogP contribution is 2.30. The third-order valence-corrected chi connectivity index (χ3v) is 4.94. The SMILES string of the molecule is Cc1cc(CNc2cccc(Cl)c2Br)ccc1Br. The Labute approximate surface area is 129 Å². The maximum absolute atomic E-state index is 6.05. The van der Waals surface area contributed by atoms with Crippen molar-refractivity contribution in [1.82, 2.24) is 0 Å². The molecule has 0 unspecified atom stereocenters. The monoisotopic (exact) mass is 387 g/mol. The smallest absolute Gasteiger partial charge is 0.0593 e. The predicted octanol–water partition coefficient (Wildman–Crippen LogP) is 5.79. The van der Waals surface area contributed by atoms with Gasteiger partial charge in [0, 0.05) is 11.0 Å². The molecule has 94 valence electrons. The second-order valence-corrected chi connectivity index (χ2v) is 6.09. The molecule has 0 aliphatic rings. The van der Waals surface area contributed by atoms with Crippen molar-refractivity contribution in [3.8, 4) is 0 Å².